The van der Waals surface area contributed by atoms with Gasteiger partial charge in [0.25, 0.3) is 0 Å². The summed E-state index contributed by atoms with van der Waals surface area (Å²) in [6, 6.07) is 5.93. The molecule has 0 amide bonds. The third kappa shape index (κ3) is 1.55. The number of fused-ring (bicyclic) bond motifs is 1. The fourth-order valence-corrected chi connectivity index (χ4v) is 2.21. The van der Waals surface area contributed by atoms with Crippen LogP contribution in [-0.4, -0.2) is 5.78 Å². The van der Waals surface area contributed by atoms with Crippen LogP contribution in [0.3, 0.4) is 0 Å². The zero-order chi connectivity index (χ0) is 9.42. The lowest BCUT2D eigenvalue weighted by atomic mass is 9.83. The molecule has 2 rings (SSSR count). The van der Waals surface area contributed by atoms with Crippen molar-refractivity contribution < 1.29 is 4.79 Å². The highest BCUT2D eigenvalue weighted by Gasteiger charge is 2.22. The quantitative estimate of drug-likeness (QED) is 0.676. The molecule has 0 radical (unpaired) electrons. The first kappa shape index (κ1) is 8.95. The van der Waals surface area contributed by atoms with Crippen molar-refractivity contribution in [1.82, 2.24) is 0 Å². The first-order chi connectivity index (χ1) is 6.18. The van der Waals surface area contributed by atoms with Crippen molar-refractivity contribution in [3.05, 3.63) is 33.8 Å². The molecule has 0 N–H and O–H groups in total. The Balaban J connectivity index is 2.57. The largest absolute Gasteiger partial charge is 0.294 e. The van der Waals surface area contributed by atoms with E-state index in [9.17, 15) is 4.79 Å². The second-order valence-corrected chi connectivity index (χ2v) is 4.51. The number of halogens is 1. The van der Waals surface area contributed by atoms with E-state index in [1.807, 2.05) is 12.1 Å². The van der Waals surface area contributed by atoms with Crippen LogP contribution >= 0.6 is 15.9 Å². The molecule has 2 heteroatoms. The molecule has 0 spiro atoms. The summed E-state index contributed by atoms with van der Waals surface area (Å²) in [7, 11) is 0. The third-order valence-corrected chi connectivity index (χ3v) is 3.14. The van der Waals surface area contributed by atoms with Gasteiger partial charge < -0.3 is 0 Å². The molecule has 1 aliphatic rings. The Bertz CT molecular complexity index is 357. The van der Waals surface area contributed by atoms with Crippen LogP contribution in [0, 0.1) is 0 Å². The monoisotopic (exact) mass is 238 g/mol. The first-order valence-corrected chi connectivity index (χ1v) is 5.30. The molecule has 13 heavy (non-hydrogen) atoms. The van der Waals surface area contributed by atoms with Gasteiger partial charge in [0.05, 0.1) is 0 Å². The molecular formula is C11H11BrO. The normalized spacial score (nSPS) is 21.4. The molecule has 0 aliphatic heterocycles. The van der Waals surface area contributed by atoms with Crippen molar-refractivity contribution in [3.63, 3.8) is 0 Å². The first-order valence-electron chi connectivity index (χ1n) is 4.51. The summed E-state index contributed by atoms with van der Waals surface area (Å²) in [5.74, 6) is 0.811. The number of hydrogen-bond acceptors (Lipinski definition) is 1. The zero-order valence-electron chi connectivity index (χ0n) is 7.51. The maximum Gasteiger partial charge on any atom is 0.163 e. The molecule has 1 unspecified atom stereocenters. The molecule has 1 nitrogen and oxygen atoms in total. The number of carbonyl (C=O) groups is 1. The number of ketones is 1. The van der Waals surface area contributed by atoms with E-state index in [4.69, 9.17) is 0 Å². The van der Waals surface area contributed by atoms with Gasteiger partial charge in [-0.05, 0) is 30.0 Å². The molecule has 0 aromatic heterocycles. The van der Waals surface area contributed by atoms with Crippen LogP contribution in [0.2, 0.25) is 0 Å². The fraction of sp³-hybridized carbons (Fsp3) is 0.364. The van der Waals surface area contributed by atoms with Crippen LogP contribution in [0.5, 0.6) is 0 Å². The van der Waals surface area contributed by atoms with E-state index in [2.05, 4.69) is 28.9 Å². The number of carbonyl (C=O) groups excluding carboxylic acids is 1. The second-order valence-electron chi connectivity index (χ2n) is 3.59. The van der Waals surface area contributed by atoms with Crippen molar-refractivity contribution in [2.24, 2.45) is 0 Å². The molecule has 68 valence electrons. The molecule has 0 saturated carbocycles. The Kier molecular flexibility index (Phi) is 2.24. The van der Waals surface area contributed by atoms with Gasteiger partial charge in [-0.1, -0.05) is 28.9 Å². The van der Waals surface area contributed by atoms with Crippen molar-refractivity contribution in [2.45, 2.75) is 25.7 Å². The van der Waals surface area contributed by atoms with Crippen molar-refractivity contribution >= 4 is 21.7 Å². The van der Waals surface area contributed by atoms with E-state index < -0.39 is 0 Å². The summed E-state index contributed by atoms with van der Waals surface area (Å²) >= 11 is 3.43. The summed E-state index contributed by atoms with van der Waals surface area (Å²) in [5.41, 5.74) is 2.12. The summed E-state index contributed by atoms with van der Waals surface area (Å²) in [6.45, 7) is 2.18. The van der Waals surface area contributed by atoms with E-state index in [1.54, 1.807) is 0 Å². The van der Waals surface area contributed by atoms with Gasteiger partial charge in [-0.15, -0.1) is 0 Å². The molecule has 1 aliphatic carbocycles. The smallest absolute Gasteiger partial charge is 0.163 e. The summed E-state index contributed by atoms with van der Waals surface area (Å²) in [5, 5.41) is 0. The number of rotatable bonds is 0. The highest BCUT2D eigenvalue weighted by molar-refractivity contribution is 9.10. The zero-order valence-corrected chi connectivity index (χ0v) is 9.10. The van der Waals surface area contributed by atoms with Crippen molar-refractivity contribution in [1.29, 1.82) is 0 Å². The standard InChI is InChI=1S/C11H11BrO/c1-7-2-5-11(13)9-4-3-8(12)6-10(7)9/h3-4,6-7H,2,5H2,1H3. The van der Waals surface area contributed by atoms with Crippen LogP contribution in [0.25, 0.3) is 0 Å². The van der Waals surface area contributed by atoms with Crippen LogP contribution < -0.4 is 0 Å². The van der Waals surface area contributed by atoms with E-state index in [0.717, 1.165) is 16.5 Å². The molecule has 1 aromatic rings. The van der Waals surface area contributed by atoms with E-state index >= 15 is 0 Å². The SMILES string of the molecule is CC1CCC(=O)c2ccc(Br)cc21. The summed E-state index contributed by atoms with van der Waals surface area (Å²) in [6.07, 6.45) is 1.69. The van der Waals surface area contributed by atoms with Gasteiger partial charge >= 0.3 is 0 Å². The highest BCUT2D eigenvalue weighted by Crippen LogP contribution is 2.32. The predicted octanol–water partition coefficient (Wildman–Crippen LogP) is 3.53. The van der Waals surface area contributed by atoms with Gasteiger partial charge in [-0.25, -0.2) is 0 Å². The van der Waals surface area contributed by atoms with Gasteiger partial charge in [-0.2, -0.15) is 0 Å². The maximum absolute atomic E-state index is 11.5. The average Bonchev–Trinajstić information content (AvgIpc) is 2.12. The Morgan fingerprint density at radius 2 is 2.23 bits per heavy atom. The van der Waals surface area contributed by atoms with E-state index in [1.165, 1.54) is 5.56 Å². The molecule has 1 atom stereocenters. The Morgan fingerprint density at radius 3 is 3.00 bits per heavy atom. The molecule has 0 saturated heterocycles. The van der Waals surface area contributed by atoms with Crippen LogP contribution in [0.1, 0.15) is 41.6 Å². The Morgan fingerprint density at radius 1 is 1.46 bits per heavy atom. The van der Waals surface area contributed by atoms with Gasteiger partial charge in [0.15, 0.2) is 5.78 Å². The van der Waals surface area contributed by atoms with E-state index in [0.29, 0.717) is 18.1 Å². The lowest BCUT2D eigenvalue weighted by Gasteiger charge is -2.21. The van der Waals surface area contributed by atoms with Crippen LogP contribution in [0.4, 0.5) is 0 Å². The highest BCUT2D eigenvalue weighted by atomic mass is 79.9. The third-order valence-electron chi connectivity index (χ3n) is 2.65. The Hall–Kier alpha value is -0.630. The number of hydrogen-bond donors (Lipinski definition) is 0. The number of Topliss-reactive ketones (excluding diaryl/α,β-unsaturated/α-hetero) is 1. The van der Waals surface area contributed by atoms with Gasteiger partial charge in [0, 0.05) is 16.5 Å². The predicted molar refractivity (Wildman–Crippen MR) is 56.1 cm³/mol. The van der Waals surface area contributed by atoms with Crippen molar-refractivity contribution in [3.8, 4) is 0 Å². The van der Waals surface area contributed by atoms with E-state index in [-0.39, 0.29) is 0 Å². The summed E-state index contributed by atoms with van der Waals surface area (Å²) < 4.78 is 1.06. The summed E-state index contributed by atoms with van der Waals surface area (Å²) in [4.78, 5) is 11.5. The minimum Gasteiger partial charge on any atom is -0.294 e. The second kappa shape index (κ2) is 3.26. The molecule has 0 heterocycles. The molecule has 0 bridgehead atoms. The minimum absolute atomic E-state index is 0.292. The van der Waals surface area contributed by atoms with Gasteiger partial charge in [-0.3, -0.25) is 4.79 Å². The lowest BCUT2D eigenvalue weighted by Crippen LogP contribution is -2.13. The van der Waals surface area contributed by atoms with Gasteiger partial charge in [0.2, 0.25) is 0 Å². The molecule has 0 fully saturated rings. The van der Waals surface area contributed by atoms with Crippen molar-refractivity contribution in [2.75, 3.05) is 0 Å². The maximum atomic E-state index is 11.5. The number of benzene rings is 1. The van der Waals surface area contributed by atoms with Gasteiger partial charge in [0.1, 0.15) is 0 Å². The Labute approximate surface area is 86.3 Å². The van der Waals surface area contributed by atoms with Crippen LogP contribution in [-0.2, 0) is 0 Å². The molecule has 1 aromatic carbocycles. The lowest BCUT2D eigenvalue weighted by molar-refractivity contribution is 0.0968. The fourth-order valence-electron chi connectivity index (χ4n) is 1.83. The van der Waals surface area contributed by atoms with Crippen LogP contribution in [0.15, 0.2) is 22.7 Å². The minimum atomic E-state index is 0.292. The topological polar surface area (TPSA) is 17.1 Å². The molecular weight excluding hydrogens is 228 g/mol. The average molecular weight is 239 g/mol.